The Hall–Kier alpha value is -2.95. The van der Waals surface area contributed by atoms with Crippen LogP contribution in [-0.4, -0.2) is 71.1 Å². The summed E-state index contributed by atoms with van der Waals surface area (Å²) in [5.74, 6) is -0.947. The van der Waals surface area contributed by atoms with Crippen molar-refractivity contribution in [1.29, 1.82) is 0 Å². The normalized spacial score (nSPS) is 16.9. The Balaban J connectivity index is 1.66. The van der Waals surface area contributed by atoms with Gasteiger partial charge in [0, 0.05) is 31.7 Å². The van der Waals surface area contributed by atoms with Gasteiger partial charge in [-0.1, -0.05) is 6.07 Å². The van der Waals surface area contributed by atoms with Gasteiger partial charge in [0.15, 0.2) is 0 Å². The quantitative estimate of drug-likeness (QED) is 0.625. The molecule has 2 aliphatic heterocycles. The molecule has 2 heterocycles. The molecular formula is C24H29N3O6S. The molecule has 2 aromatic rings. The molecule has 0 radical (unpaired) electrons. The van der Waals surface area contributed by atoms with Crippen molar-refractivity contribution in [2.45, 2.75) is 24.7 Å². The van der Waals surface area contributed by atoms with Crippen molar-refractivity contribution in [2.75, 3.05) is 56.7 Å². The SMILES string of the molecule is COC(=O)c1ccc(N2CCCC2)c(NC(=O)c2cc(S(=O)(=O)N3CCOCC3)ccc2C)c1. The van der Waals surface area contributed by atoms with Crippen molar-refractivity contribution in [3.63, 3.8) is 0 Å². The molecular weight excluding hydrogens is 458 g/mol. The smallest absolute Gasteiger partial charge is 0.337 e. The fourth-order valence-corrected chi connectivity index (χ4v) is 5.68. The molecule has 1 N–H and O–H groups in total. The van der Waals surface area contributed by atoms with E-state index in [1.807, 2.05) is 0 Å². The third-order valence-electron chi connectivity index (χ3n) is 6.17. The Bertz CT molecular complexity index is 1190. The van der Waals surface area contributed by atoms with Crippen LogP contribution in [0, 0.1) is 6.92 Å². The lowest BCUT2D eigenvalue weighted by Gasteiger charge is -2.26. The first-order chi connectivity index (χ1) is 16.3. The number of carbonyl (C=O) groups is 2. The van der Waals surface area contributed by atoms with Gasteiger partial charge in [0.05, 0.1) is 42.2 Å². The molecule has 2 saturated heterocycles. The summed E-state index contributed by atoms with van der Waals surface area (Å²) in [6, 6.07) is 9.64. The summed E-state index contributed by atoms with van der Waals surface area (Å²) in [4.78, 5) is 27.6. The molecule has 0 atom stereocenters. The Kier molecular flexibility index (Phi) is 7.20. The van der Waals surface area contributed by atoms with Crippen LogP contribution in [0.25, 0.3) is 0 Å². The number of morpholine rings is 1. The summed E-state index contributed by atoms with van der Waals surface area (Å²) in [5, 5.41) is 2.91. The maximum absolute atomic E-state index is 13.3. The second-order valence-electron chi connectivity index (χ2n) is 8.36. The molecule has 2 fully saturated rings. The minimum atomic E-state index is -3.75. The van der Waals surface area contributed by atoms with E-state index in [1.54, 1.807) is 31.2 Å². The Morgan fingerprint density at radius 2 is 1.71 bits per heavy atom. The number of hydrogen-bond acceptors (Lipinski definition) is 7. The van der Waals surface area contributed by atoms with Crippen molar-refractivity contribution < 1.29 is 27.5 Å². The number of amides is 1. The largest absolute Gasteiger partial charge is 0.465 e. The topological polar surface area (TPSA) is 105 Å². The van der Waals surface area contributed by atoms with Crippen LogP contribution in [0.1, 0.15) is 39.1 Å². The molecule has 2 aromatic carbocycles. The zero-order chi connectivity index (χ0) is 24.3. The average molecular weight is 488 g/mol. The summed E-state index contributed by atoms with van der Waals surface area (Å²) in [7, 11) is -2.44. The van der Waals surface area contributed by atoms with Crippen LogP contribution in [-0.2, 0) is 19.5 Å². The maximum atomic E-state index is 13.3. The third kappa shape index (κ3) is 4.94. The number of nitrogens with one attached hydrogen (secondary N) is 1. The minimum Gasteiger partial charge on any atom is -0.465 e. The van der Waals surface area contributed by atoms with Crippen molar-refractivity contribution >= 4 is 33.3 Å². The van der Waals surface area contributed by atoms with Crippen molar-refractivity contribution in [2.24, 2.45) is 0 Å². The first kappa shape index (κ1) is 24.2. The second kappa shape index (κ2) is 10.1. The molecule has 0 aromatic heterocycles. The van der Waals surface area contributed by atoms with Crippen LogP contribution >= 0.6 is 0 Å². The van der Waals surface area contributed by atoms with Crippen LogP contribution in [0.15, 0.2) is 41.3 Å². The second-order valence-corrected chi connectivity index (χ2v) is 10.3. The molecule has 0 spiro atoms. The van der Waals surface area contributed by atoms with Gasteiger partial charge >= 0.3 is 5.97 Å². The highest BCUT2D eigenvalue weighted by molar-refractivity contribution is 7.89. The zero-order valence-corrected chi connectivity index (χ0v) is 20.2. The molecule has 10 heteroatoms. The Morgan fingerprint density at radius 1 is 1.00 bits per heavy atom. The van der Waals surface area contributed by atoms with E-state index >= 15 is 0 Å². The fraction of sp³-hybridized carbons (Fsp3) is 0.417. The van der Waals surface area contributed by atoms with Crippen LogP contribution in [0.4, 0.5) is 11.4 Å². The van der Waals surface area contributed by atoms with E-state index in [0.29, 0.717) is 30.0 Å². The number of ether oxygens (including phenoxy) is 2. The maximum Gasteiger partial charge on any atom is 0.337 e. The van der Waals surface area contributed by atoms with Gasteiger partial charge in [-0.2, -0.15) is 4.31 Å². The molecule has 0 bridgehead atoms. The number of methoxy groups -OCH3 is 1. The number of aryl methyl sites for hydroxylation is 1. The summed E-state index contributed by atoms with van der Waals surface area (Å²) in [5.41, 5.74) is 2.51. The highest BCUT2D eigenvalue weighted by Gasteiger charge is 2.28. The lowest BCUT2D eigenvalue weighted by atomic mass is 10.1. The highest BCUT2D eigenvalue weighted by Crippen LogP contribution is 2.31. The standard InChI is InChI=1S/C24H29N3O6S/c1-17-5-7-19(34(30,31)27-11-13-33-14-12-27)16-20(17)23(28)25-21-15-18(24(29)32-2)6-8-22(21)26-9-3-4-10-26/h5-8,15-16H,3-4,9-14H2,1-2H3,(H,25,28). The zero-order valence-electron chi connectivity index (χ0n) is 19.4. The van der Waals surface area contributed by atoms with Crippen LogP contribution in [0.5, 0.6) is 0 Å². The number of nitrogens with zero attached hydrogens (tertiary/aromatic N) is 2. The number of esters is 1. The lowest BCUT2D eigenvalue weighted by Crippen LogP contribution is -2.40. The van der Waals surface area contributed by atoms with E-state index in [9.17, 15) is 18.0 Å². The minimum absolute atomic E-state index is 0.0632. The van der Waals surface area contributed by atoms with Crippen LogP contribution in [0.2, 0.25) is 0 Å². The van der Waals surface area contributed by atoms with Gasteiger partial charge in [-0.15, -0.1) is 0 Å². The number of sulfonamides is 1. The van der Waals surface area contributed by atoms with Crippen molar-refractivity contribution in [1.82, 2.24) is 4.31 Å². The number of benzene rings is 2. The van der Waals surface area contributed by atoms with Crippen LogP contribution in [0.3, 0.4) is 0 Å². The monoisotopic (exact) mass is 487 g/mol. The van der Waals surface area contributed by atoms with Gasteiger partial charge in [-0.25, -0.2) is 13.2 Å². The molecule has 1 amide bonds. The molecule has 182 valence electrons. The summed E-state index contributed by atoms with van der Waals surface area (Å²) in [6.07, 6.45) is 2.10. The highest BCUT2D eigenvalue weighted by atomic mass is 32.2. The number of anilines is 2. The summed E-state index contributed by atoms with van der Waals surface area (Å²) < 4.78 is 37.6. The number of carbonyl (C=O) groups excluding carboxylic acids is 2. The number of rotatable bonds is 6. The molecule has 0 saturated carbocycles. The third-order valence-corrected chi connectivity index (χ3v) is 8.07. The average Bonchev–Trinajstić information content (AvgIpc) is 3.39. The predicted octanol–water partition coefficient (Wildman–Crippen LogP) is 2.66. The summed E-state index contributed by atoms with van der Waals surface area (Å²) in [6.45, 7) is 4.70. The van der Waals surface area contributed by atoms with E-state index < -0.39 is 21.9 Å². The van der Waals surface area contributed by atoms with E-state index in [0.717, 1.165) is 31.6 Å². The Morgan fingerprint density at radius 3 is 2.38 bits per heavy atom. The molecule has 0 unspecified atom stereocenters. The van der Waals surface area contributed by atoms with Gasteiger partial charge in [0.2, 0.25) is 10.0 Å². The summed E-state index contributed by atoms with van der Waals surface area (Å²) >= 11 is 0. The molecule has 2 aliphatic rings. The van der Waals surface area contributed by atoms with E-state index in [4.69, 9.17) is 9.47 Å². The van der Waals surface area contributed by atoms with Crippen molar-refractivity contribution in [3.05, 3.63) is 53.1 Å². The Labute approximate surface area is 199 Å². The van der Waals surface area contributed by atoms with E-state index in [2.05, 4.69) is 10.2 Å². The lowest BCUT2D eigenvalue weighted by molar-refractivity contribution is 0.0600. The molecule has 9 nitrogen and oxygen atoms in total. The first-order valence-corrected chi connectivity index (χ1v) is 12.7. The number of hydrogen-bond donors (Lipinski definition) is 1. The molecule has 0 aliphatic carbocycles. The van der Waals surface area contributed by atoms with Crippen LogP contribution < -0.4 is 10.2 Å². The molecule has 4 rings (SSSR count). The van der Waals surface area contributed by atoms with Gasteiger partial charge in [0.1, 0.15) is 0 Å². The van der Waals surface area contributed by atoms with Crippen molar-refractivity contribution in [3.8, 4) is 0 Å². The van der Waals surface area contributed by atoms with Gasteiger partial charge in [0.25, 0.3) is 5.91 Å². The van der Waals surface area contributed by atoms with Gasteiger partial charge in [-0.05, 0) is 55.7 Å². The van der Waals surface area contributed by atoms with E-state index in [-0.39, 0.29) is 23.5 Å². The van der Waals surface area contributed by atoms with E-state index in [1.165, 1.54) is 23.5 Å². The fourth-order valence-electron chi connectivity index (χ4n) is 4.25. The molecule has 34 heavy (non-hydrogen) atoms. The van der Waals surface area contributed by atoms with Gasteiger partial charge in [-0.3, -0.25) is 4.79 Å². The predicted molar refractivity (Wildman–Crippen MR) is 128 cm³/mol. The first-order valence-electron chi connectivity index (χ1n) is 11.3. The van der Waals surface area contributed by atoms with Gasteiger partial charge < -0.3 is 19.7 Å².